The predicted octanol–water partition coefficient (Wildman–Crippen LogP) is 3.01. The van der Waals surface area contributed by atoms with E-state index in [4.69, 9.17) is 4.99 Å². The molecule has 1 fully saturated rings. The third-order valence-corrected chi connectivity index (χ3v) is 3.93. The Balaban J connectivity index is 0.00000208. The molecule has 3 rings (SSSR count). The molecule has 0 saturated heterocycles. The van der Waals surface area contributed by atoms with Crippen molar-refractivity contribution in [2.24, 2.45) is 10.9 Å². The van der Waals surface area contributed by atoms with E-state index in [0.717, 1.165) is 31.5 Å². The van der Waals surface area contributed by atoms with Crippen LogP contribution in [0.1, 0.15) is 30.9 Å². The Hall–Kier alpha value is -1.57. The summed E-state index contributed by atoms with van der Waals surface area (Å²) in [7, 11) is 0. The topological polar surface area (TPSA) is 54.2 Å². The molecule has 0 spiro atoms. The van der Waals surface area contributed by atoms with Crippen LogP contribution in [0.3, 0.4) is 0 Å². The number of hydrogen-bond acceptors (Lipinski definition) is 2. The Morgan fingerprint density at radius 3 is 2.83 bits per heavy atom. The number of guanidine groups is 1. The second-order valence-corrected chi connectivity index (χ2v) is 6.07. The molecule has 0 amide bonds. The number of benzene rings is 1. The number of imidazole rings is 1. The van der Waals surface area contributed by atoms with Crippen LogP contribution in [0, 0.1) is 5.92 Å². The maximum Gasteiger partial charge on any atom is 0.191 e. The van der Waals surface area contributed by atoms with E-state index in [9.17, 15) is 0 Å². The molecule has 1 aromatic carbocycles. The summed E-state index contributed by atoms with van der Waals surface area (Å²) in [6.07, 6.45) is 8.33. The molecule has 5 nitrogen and oxygen atoms in total. The maximum absolute atomic E-state index is 4.70. The highest BCUT2D eigenvalue weighted by Crippen LogP contribution is 2.27. The third-order valence-electron chi connectivity index (χ3n) is 3.93. The van der Waals surface area contributed by atoms with Gasteiger partial charge in [0.25, 0.3) is 0 Å². The van der Waals surface area contributed by atoms with Crippen molar-refractivity contribution in [1.82, 2.24) is 20.2 Å². The number of rotatable bonds is 7. The number of aliphatic imine (C=N–C) groups is 1. The Morgan fingerprint density at radius 2 is 2.12 bits per heavy atom. The average Bonchev–Trinajstić information content (AvgIpc) is 3.26. The molecule has 2 N–H and O–H groups in total. The first kappa shape index (κ1) is 18.8. The van der Waals surface area contributed by atoms with Gasteiger partial charge in [-0.1, -0.05) is 24.3 Å². The molecule has 1 aliphatic carbocycles. The highest BCUT2D eigenvalue weighted by atomic mass is 127. The van der Waals surface area contributed by atoms with E-state index in [0.29, 0.717) is 6.54 Å². The molecule has 2 aromatic rings. The zero-order valence-corrected chi connectivity index (χ0v) is 16.4. The van der Waals surface area contributed by atoms with Gasteiger partial charge in [-0.2, -0.15) is 0 Å². The minimum Gasteiger partial charge on any atom is -0.357 e. The van der Waals surface area contributed by atoms with Crippen LogP contribution >= 0.6 is 24.0 Å². The molecule has 1 aromatic heterocycles. The SMILES string of the molecule is CCNC(=NCc1cccc(Cn2ccnc2)c1)NCC1CC1.I. The minimum absolute atomic E-state index is 0. The largest absolute Gasteiger partial charge is 0.357 e. The molecule has 0 bridgehead atoms. The van der Waals surface area contributed by atoms with E-state index in [1.54, 1.807) is 0 Å². The van der Waals surface area contributed by atoms with Gasteiger partial charge in [0.05, 0.1) is 12.9 Å². The van der Waals surface area contributed by atoms with Crippen LogP contribution in [-0.4, -0.2) is 28.6 Å². The van der Waals surface area contributed by atoms with Gasteiger partial charge < -0.3 is 15.2 Å². The highest BCUT2D eigenvalue weighted by molar-refractivity contribution is 14.0. The van der Waals surface area contributed by atoms with E-state index in [2.05, 4.69) is 51.4 Å². The minimum atomic E-state index is 0. The quantitative estimate of drug-likeness (QED) is 0.396. The van der Waals surface area contributed by atoms with Gasteiger partial charge >= 0.3 is 0 Å². The lowest BCUT2D eigenvalue weighted by Gasteiger charge is -2.11. The Labute approximate surface area is 161 Å². The summed E-state index contributed by atoms with van der Waals surface area (Å²) in [5, 5.41) is 6.74. The number of nitrogens with zero attached hydrogens (tertiary/aromatic N) is 3. The monoisotopic (exact) mass is 439 g/mol. The van der Waals surface area contributed by atoms with Gasteiger partial charge in [0.15, 0.2) is 5.96 Å². The van der Waals surface area contributed by atoms with Crippen molar-refractivity contribution in [3.63, 3.8) is 0 Å². The molecule has 1 heterocycles. The number of aromatic nitrogens is 2. The van der Waals surface area contributed by atoms with Crippen molar-refractivity contribution < 1.29 is 0 Å². The summed E-state index contributed by atoms with van der Waals surface area (Å²) in [5.74, 6) is 1.76. The molecular weight excluding hydrogens is 413 g/mol. The normalized spacial score (nSPS) is 14.1. The fourth-order valence-electron chi connectivity index (χ4n) is 2.49. The van der Waals surface area contributed by atoms with Gasteiger partial charge in [0.1, 0.15) is 0 Å². The molecule has 0 aliphatic heterocycles. The zero-order chi connectivity index (χ0) is 15.9. The van der Waals surface area contributed by atoms with Crippen molar-refractivity contribution in [2.45, 2.75) is 32.9 Å². The second kappa shape index (κ2) is 9.66. The van der Waals surface area contributed by atoms with Gasteiger partial charge in [-0.3, -0.25) is 0 Å². The van der Waals surface area contributed by atoms with Crippen molar-refractivity contribution in [3.8, 4) is 0 Å². The number of halogens is 1. The lowest BCUT2D eigenvalue weighted by Crippen LogP contribution is -2.38. The standard InChI is InChI=1S/C18H25N5.HI/c1-2-20-18(21-11-15-6-7-15)22-12-16-4-3-5-17(10-16)13-23-9-8-19-14-23;/h3-5,8-10,14-15H,2,6-7,11-13H2,1H3,(H2,20,21,22);1H. The lowest BCUT2D eigenvalue weighted by molar-refractivity contribution is 0.739. The smallest absolute Gasteiger partial charge is 0.191 e. The maximum atomic E-state index is 4.70. The predicted molar refractivity (Wildman–Crippen MR) is 109 cm³/mol. The fourth-order valence-corrected chi connectivity index (χ4v) is 2.49. The summed E-state index contributed by atoms with van der Waals surface area (Å²) < 4.78 is 2.07. The molecule has 0 unspecified atom stereocenters. The first-order valence-electron chi connectivity index (χ1n) is 8.39. The van der Waals surface area contributed by atoms with E-state index < -0.39 is 0 Å². The molecule has 1 aliphatic rings. The molecule has 130 valence electrons. The molecule has 0 radical (unpaired) electrons. The van der Waals surface area contributed by atoms with E-state index in [-0.39, 0.29) is 24.0 Å². The van der Waals surface area contributed by atoms with Crippen LogP contribution in [-0.2, 0) is 13.1 Å². The van der Waals surface area contributed by atoms with Crippen molar-refractivity contribution in [3.05, 3.63) is 54.1 Å². The molecule has 1 saturated carbocycles. The molecule has 24 heavy (non-hydrogen) atoms. The van der Waals surface area contributed by atoms with Gasteiger partial charge in [0, 0.05) is 32.0 Å². The summed E-state index contributed by atoms with van der Waals surface area (Å²) in [4.78, 5) is 8.78. The fraction of sp³-hybridized carbons (Fsp3) is 0.444. The third kappa shape index (κ3) is 6.14. The first-order chi connectivity index (χ1) is 11.3. The molecular formula is C18H26IN5. The van der Waals surface area contributed by atoms with Crippen molar-refractivity contribution in [2.75, 3.05) is 13.1 Å². The second-order valence-electron chi connectivity index (χ2n) is 6.07. The van der Waals surface area contributed by atoms with Crippen LogP contribution < -0.4 is 10.6 Å². The summed E-state index contributed by atoms with van der Waals surface area (Å²) in [6, 6.07) is 8.59. The lowest BCUT2D eigenvalue weighted by atomic mass is 10.1. The van der Waals surface area contributed by atoms with Gasteiger partial charge in [0.2, 0.25) is 0 Å². The summed E-state index contributed by atoms with van der Waals surface area (Å²) >= 11 is 0. The summed E-state index contributed by atoms with van der Waals surface area (Å²) in [6.45, 7) is 5.55. The molecule has 6 heteroatoms. The Bertz CT molecular complexity index is 635. The van der Waals surface area contributed by atoms with E-state index in [1.807, 2.05) is 18.7 Å². The van der Waals surface area contributed by atoms with Gasteiger partial charge in [-0.05, 0) is 36.8 Å². The van der Waals surface area contributed by atoms with Crippen LogP contribution in [0.4, 0.5) is 0 Å². The van der Waals surface area contributed by atoms with Crippen LogP contribution in [0.15, 0.2) is 48.0 Å². The Kier molecular flexibility index (Phi) is 7.55. The zero-order valence-electron chi connectivity index (χ0n) is 14.1. The van der Waals surface area contributed by atoms with Crippen LogP contribution in [0.5, 0.6) is 0 Å². The van der Waals surface area contributed by atoms with Crippen LogP contribution in [0.2, 0.25) is 0 Å². The van der Waals surface area contributed by atoms with Crippen molar-refractivity contribution in [1.29, 1.82) is 0 Å². The van der Waals surface area contributed by atoms with Crippen molar-refractivity contribution >= 4 is 29.9 Å². The highest BCUT2D eigenvalue weighted by Gasteiger charge is 2.20. The van der Waals surface area contributed by atoms with E-state index >= 15 is 0 Å². The molecule has 0 atom stereocenters. The van der Waals surface area contributed by atoms with Gasteiger partial charge in [-0.25, -0.2) is 9.98 Å². The Morgan fingerprint density at radius 1 is 1.29 bits per heavy atom. The average molecular weight is 439 g/mol. The van der Waals surface area contributed by atoms with Crippen LogP contribution in [0.25, 0.3) is 0 Å². The number of nitrogens with one attached hydrogen (secondary N) is 2. The first-order valence-corrected chi connectivity index (χ1v) is 8.39. The summed E-state index contributed by atoms with van der Waals surface area (Å²) in [5.41, 5.74) is 2.50. The number of hydrogen-bond donors (Lipinski definition) is 2. The van der Waals surface area contributed by atoms with Gasteiger partial charge in [-0.15, -0.1) is 24.0 Å². The van der Waals surface area contributed by atoms with E-state index in [1.165, 1.54) is 24.0 Å².